The standard InChI is InChI=1S/C12H12N4O5/c1-15-10(17)5-16(12(15)19)14-11(18)13-7-2-3-8-9(4-7)21-6-20-8/h2-4H,5-6H2,1H3,(H2,13,14,18). The topological polar surface area (TPSA) is 100 Å². The molecule has 1 fully saturated rings. The van der Waals surface area contributed by atoms with E-state index in [1.807, 2.05) is 0 Å². The minimum Gasteiger partial charge on any atom is -0.454 e. The molecule has 1 aromatic carbocycles. The molecule has 0 unspecified atom stereocenters. The number of fused-ring (bicyclic) bond motifs is 1. The average molecular weight is 292 g/mol. The van der Waals surface area contributed by atoms with Gasteiger partial charge in [-0.15, -0.1) is 0 Å². The quantitative estimate of drug-likeness (QED) is 0.766. The second kappa shape index (κ2) is 4.85. The first-order chi connectivity index (χ1) is 10.0. The van der Waals surface area contributed by atoms with Crippen molar-refractivity contribution < 1.29 is 23.9 Å². The number of benzene rings is 1. The molecular formula is C12H12N4O5. The Morgan fingerprint density at radius 1 is 1.24 bits per heavy atom. The first-order valence-electron chi connectivity index (χ1n) is 6.10. The van der Waals surface area contributed by atoms with Crippen LogP contribution in [-0.4, -0.2) is 48.3 Å². The van der Waals surface area contributed by atoms with Crippen LogP contribution in [0.2, 0.25) is 0 Å². The van der Waals surface area contributed by atoms with Gasteiger partial charge in [0.1, 0.15) is 6.54 Å². The number of rotatable bonds is 2. The van der Waals surface area contributed by atoms with Gasteiger partial charge in [0.15, 0.2) is 11.5 Å². The summed E-state index contributed by atoms with van der Waals surface area (Å²) in [5, 5.41) is 3.47. The SMILES string of the molecule is CN1C(=O)CN(NC(=O)Nc2ccc3c(c2)OCO3)C1=O. The van der Waals surface area contributed by atoms with Crippen molar-refractivity contribution in [3.63, 3.8) is 0 Å². The number of anilines is 1. The summed E-state index contributed by atoms with van der Waals surface area (Å²) < 4.78 is 10.3. The largest absolute Gasteiger partial charge is 0.454 e. The highest BCUT2D eigenvalue weighted by atomic mass is 16.7. The van der Waals surface area contributed by atoms with Crippen LogP contribution in [0.1, 0.15) is 0 Å². The van der Waals surface area contributed by atoms with E-state index in [4.69, 9.17) is 9.47 Å². The number of carbonyl (C=O) groups excluding carboxylic acids is 3. The van der Waals surface area contributed by atoms with Crippen molar-refractivity contribution in [3.8, 4) is 11.5 Å². The smallest absolute Gasteiger partial charge is 0.345 e. The lowest BCUT2D eigenvalue weighted by molar-refractivity contribution is -0.124. The molecule has 0 aromatic heterocycles. The Bertz CT molecular complexity index is 632. The molecule has 0 radical (unpaired) electrons. The lowest BCUT2D eigenvalue weighted by atomic mass is 10.3. The molecule has 2 aliphatic rings. The van der Waals surface area contributed by atoms with Gasteiger partial charge in [-0.1, -0.05) is 0 Å². The lowest BCUT2D eigenvalue weighted by Crippen LogP contribution is -2.46. The second-order valence-electron chi connectivity index (χ2n) is 4.46. The molecule has 0 bridgehead atoms. The van der Waals surface area contributed by atoms with Crippen LogP contribution in [-0.2, 0) is 4.79 Å². The third-order valence-electron chi connectivity index (χ3n) is 3.05. The highest BCUT2D eigenvalue weighted by molar-refractivity contribution is 6.03. The zero-order chi connectivity index (χ0) is 15.0. The van der Waals surface area contributed by atoms with Gasteiger partial charge in [-0.3, -0.25) is 9.69 Å². The van der Waals surface area contributed by atoms with Crippen LogP contribution in [0.3, 0.4) is 0 Å². The Morgan fingerprint density at radius 3 is 2.71 bits per heavy atom. The molecule has 0 aliphatic carbocycles. The average Bonchev–Trinajstić information content (AvgIpc) is 3.00. The third-order valence-corrected chi connectivity index (χ3v) is 3.05. The summed E-state index contributed by atoms with van der Waals surface area (Å²) in [5.74, 6) is 0.742. The number of carbonyl (C=O) groups is 3. The Balaban J connectivity index is 1.62. The summed E-state index contributed by atoms with van der Waals surface area (Å²) in [4.78, 5) is 35.7. The molecule has 9 heteroatoms. The zero-order valence-electron chi connectivity index (χ0n) is 11.1. The van der Waals surface area contributed by atoms with Gasteiger partial charge in [-0.2, -0.15) is 0 Å². The van der Waals surface area contributed by atoms with Gasteiger partial charge < -0.3 is 14.8 Å². The van der Waals surface area contributed by atoms with Crippen LogP contribution >= 0.6 is 0 Å². The molecule has 0 atom stereocenters. The van der Waals surface area contributed by atoms with E-state index in [9.17, 15) is 14.4 Å². The predicted molar refractivity (Wildman–Crippen MR) is 69.6 cm³/mol. The van der Waals surface area contributed by atoms with Gasteiger partial charge in [0.05, 0.1) is 0 Å². The zero-order valence-corrected chi connectivity index (χ0v) is 11.1. The maximum absolute atomic E-state index is 11.8. The maximum Gasteiger partial charge on any atom is 0.345 e. The fourth-order valence-electron chi connectivity index (χ4n) is 1.94. The van der Waals surface area contributed by atoms with Crippen LogP contribution < -0.4 is 20.2 Å². The molecule has 0 saturated carbocycles. The summed E-state index contributed by atoms with van der Waals surface area (Å²) in [6.45, 7) is -0.0500. The van der Waals surface area contributed by atoms with E-state index in [1.165, 1.54) is 7.05 Å². The fourth-order valence-corrected chi connectivity index (χ4v) is 1.94. The van der Waals surface area contributed by atoms with Crippen molar-refractivity contribution in [1.29, 1.82) is 0 Å². The minimum atomic E-state index is -0.634. The Morgan fingerprint density at radius 2 is 2.00 bits per heavy atom. The van der Waals surface area contributed by atoms with Crippen LogP contribution in [0, 0.1) is 0 Å². The highest BCUT2D eigenvalue weighted by Crippen LogP contribution is 2.34. The van der Waals surface area contributed by atoms with Gasteiger partial charge in [-0.25, -0.2) is 20.0 Å². The number of urea groups is 2. The van der Waals surface area contributed by atoms with E-state index in [0.29, 0.717) is 17.2 Å². The third kappa shape index (κ3) is 2.40. The van der Waals surface area contributed by atoms with Crippen molar-refractivity contribution in [2.75, 3.05) is 25.7 Å². The number of nitrogens with zero attached hydrogens (tertiary/aromatic N) is 2. The predicted octanol–water partition coefficient (Wildman–Crippen LogP) is 0.346. The van der Waals surface area contributed by atoms with Crippen molar-refractivity contribution in [2.24, 2.45) is 0 Å². The fraction of sp³-hybridized carbons (Fsp3) is 0.250. The molecule has 9 nitrogen and oxygen atoms in total. The van der Waals surface area contributed by atoms with Crippen LogP contribution in [0.15, 0.2) is 18.2 Å². The van der Waals surface area contributed by atoms with E-state index in [-0.39, 0.29) is 19.2 Å². The second-order valence-corrected chi connectivity index (χ2v) is 4.46. The molecule has 1 aromatic rings. The van der Waals surface area contributed by atoms with Crippen molar-refractivity contribution >= 4 is 23.7 Å². The van der Waals surface area contributed by atoms with Crippen molar-refractivity contribution in [3.05, 3.63) is 18.2 Å². The van der Waals surface area contributed by atoms with Crippen LogP contribution in [0.25, 0.3) is 0 Å². The number of ether oxygens (including phenoxy) is 2. The normalized spacial score (nSPS) is 16.4. The molecule has 3 rings (SSSR count). The lowest BCUT2D eigenvalue weighted by Gasteiger charge is -2.16. The number of likely N-dealkylation sites (N-methyl/N-ethyl adjacent to an activating group) is 1. The van der Waals surface area contributed by atoms with Crippen molar-refractivity contribution in [2.45, 2.75) is 0 Å². The molecule has 2 N–H and O–H groups in total. The molecule has 5 amide bonds. The number of hydrogen-bond donors (Lipinski definition) is 2. The van der Waals surface area contributed by atoms with Crippen molar-refractivity contribution in [1.82, 2.24) is 15.3 Å². The van der Waals surface area contributed by atoms with E-state index < -0.39 is 12.1 Å². The number of amides is 5. The van der Waals surface area contributed by atoms with Crippen LogP contribution in [0.5, 0.6) is 11.5 Å². The Labute approximate surface area is 119 Å². The number of imide groups is 1. The van der Waals surface area contributed by atoms with E-state index >= 15 is 0 Å². The van der Waals surface area contributed by atoms with Gasteiger partial charge >= 0.3 is 12.1 Å². The summed E-state index contributed by atoms with van der Waals surface area (Å²) in [7, 11) is 1.35. The molecule has 0 spiro atoms. The van der Waals surface area contributed by atoms with Gasteiger partial charge in [0.2, 0.25) is 6.79 Å². The minimum absolute atomic E-state index is 0.141. The first-order valence-corrected chi connectivity index (χ1v) is 6.10. The molecule has 21 heavy (non-hydrogen) atoms. The van der Waals surface area contributed by atoms with E-state index in [1.54, 1.807) is 18.2 Å². The summed E-state index contributed by atoms with van der Waals surface area (Å²) in [6, 6.07) is 3.68. The number of hydrazine groups is 1. The molecule has 2 heterocycles. The summed E-state index contributed by atoms with van der Waals surface area (Å²) >= 11 is 0. The Kier molecular flexibility index (Phi) is 3.01. The Hall–Kier alpha value is -2.97. The molecule has 110 valence electrons. The number of nitrogens with one attached hydrogen (secondary N) is 2. The van der Waals surface area contributed by atoms with Gasteiger partial charge in [0, 0.05) is 18.8 Å². The monoisotopic (exact) mass is 292 g/mol. The van der Waals surface area contributed by atoms with E-state index in [2.05, 4.69) is 10.7 Å². The van der Waals surface area contributed by atoms with Gasteiger partial charge in [0.25, 0.3) is 5.91 Å². The van der Waals surface area contributed by atoms with Gasteiger partial charge in [-0.05, 0) is 12.1 Å². The summed E-state index contributed by atoms with van der Waals surface area (Å²) in [6.07, 6.45) is 0. The summed E-state index contributed by atoms with van der Waals surface area (Å²) in [5.41, 5.74) is 2.78. The maximum atomic E-state index is 11.8. The highest BCUT2D eigenvalue weighted by Gasteiger charge is 2.34. The van der Waals surface area contributed by atoms with E-state index in [0.717, 1.165) is 9.91 Å². The molecular weight excluding hydrogens is 280 g/mol. The molecule has 2 aliphatic heterocycles. The first kappa shape index (κ1) is 13.0. The van der Waals surface area contributed by atoms with Crippen LogP contribution in [0.4, 0.5) is 15.3 Å². The molecule has 1 saturated heterocycles. The number of hydrogen-bond acceptors (Lipinski definition) is 5.